The number of benzene rings is 1. The quantitative estimate of drug-likeness (QED) is 0.596. The van der Waals surface area contributed by atoms with Crippen molar-refractivity contribution in [1.29, 1.82) is 0 Å². The Balaban J connectivity index is 1.25. The van der Waals surface area contributed by atoms with Gasteiger partial charge in [-0.3, -0.25) is 9.78 Å². The molecule has 33 heavy (non-hydrogen) atoms. The second-order valence-electron chi connectivity index (χ2n) is 8.45. The molecule has 2 fully saturated rings. The average Bonchev–Trinajstić information content (AvgIpc) is 3.42. The number of hydrogen-bond acceptors (Lipinski definition) is 7. The van der Waals surface area contributed by atoms with Crippen molar-refractivity contribution >= 4 is 23.1 Å². The summed E-state index contributed by atoms with van der Waals surface area (Å²) in [5.41, 5.74) is 3.17. The molecule has 2 amide bonds. The summed E-state index contributed by atoms with van der Waals surface area (Å²) in [5.74, 6) is 0.751. The Morgan fingerprint density at radius 2 is 1.88 bits per heavy atom. The molecule has 1 aliphatic carbocycles. The van der Waals surface area contributed by atoms with E-state index in [9.17, 15) is 14.7 Å². The number of aryl methyl sites for hydroxylation is 1. The summed E-state index contributed by atoms with van der Waals surface area (Å²) in [7, 11) is 0. The highest BCUT2D eigenvalue weighted by Crippen LogP contribution is 2.34. The lowest BCUT2D eigenvalue weighted by Crippen LogP contribution is -2.42. The maximum Gasteiger partial charge on any atom is 0.419 e. The van der Waals surface area contributed by atoms with Crippen LogP contribution in [0.25, 0.3) is 0 Å². The fourth-order valence-electron chi connectivity index (χ4n) is 4.10. The molecule has 7 nitrogen and oxygen atoms in total. The number of thioether (sulfide) groups is 1. The first-order valence-corrected chi connectivity index (χ1v) is 12.5. The molecule has 2 unspecified atom stereocenters. The van der Waals surface area contributed by atoms with Crippen LogP contribution < -0.4 is 4.74 Å². The van der Waals surface area contributed by atoms with Crippen molar-refractivity contribution in [3.05, 3.63) is 59.4 Å². The molecular weight excluding hydrogens is 440 g/mol. The number of pyridine rings is 1. The first kappa shape index (κ1) is 23.6. The van der Waals surface area contributed by atoms with Crippen molar-refractivity contribution < 1.29 is 24.2 Å². The van der Waals surface area contributed by atoms with Crippen LogP contribution in [0.3, 0.4) is 0 Å². The largest absolute Gasteiger partial charge is 0.493 e. The van der Waals surface area contributed by atoms with E-state index in [0.29, 0.717) is 13.0 Å². The van der Waals surface area contributed by atoms with Crippen LogP contribution in [-0.2, 0) is 24.0 Å². The van der Waals surface area contributed by atoms with Gasteiger partial charge in [-0.15, -0.1) is 0 Å². The van der Waals surface area contributed by atoms with Gasteiger partial charge in [-0.25, -0.2) is 9.69 Å². The van der Waals surface area contributed by atoms with Crippen LogP contribution in [0.2, 0.25) is 0 Å². The number of aromatic nitrogens is 1. The third-order valence-electron chi connectivity index (χ3n) is 6.09. The first-order valence-electron chi connectivity index (χ1n) is 11.6. The average molecular weight is 471 g/mol. The van der Waals surface area contributed by atoms with Gasteiger partial charge in [0.05, 0.1) is 11.9 Å². The van der Waals surface area contributed by atoms with E-state index in [2.05, 4.69) is 18.0 Å². The predicted molar refractivity (Wildman–Crippen MR) is 126 cm³/mol. The van der Waals surface area contributed by atoms with Gasteiger partial charge in [-0.05, 0) is 67.9 Å². The summed E-state index contributed by atoms with van der Waals surface area (Å²) in [4.78, 5) is 30.0. The normalized spacial score (nSPS) is 20.9. The summed E-state index contributed by atoms with van der Waals surface area (Å²) in [5, 5.41) is 9.69. The highest BCUT2D eigenvalue weighted by atomic mass is 32.2. The van der Waals surface area contributed by atoms with Crippen LogP contribution >= 0.6 is 11.8 Å². The van der Waals surface area contributed by atoms with Gasteiger partial charge in [0.15, 0.2) is 6.23 Å². The predicted octanol–water partition coefficient (Wildman–Crippen LogP) is 4.74. The van der Waals surface area contributed by atoms with E-state index in [4.69, 9.17) is 9.47 Å². The second kappa shape index (κ2) is 11.0. The summed E-state index contributed by atoms with van der Waals surface area (Å²) in [6.45, 7) is 2.64. The Morgan fingerprint density at radius 1 is 1.15 bits per heavy atom. The molecule has 4 rings (SSSR count). The summed E-state index contributed by atoms with van der Waals surface area (Å²) < 4.78 is 11.2. The van der Waals surface area contributed by atoms with Crippen molar-refractivity contribution in [1.82, 2.24) is 9.88 Å². The maximum absolute atomic E-state index is 12.4. The topological polar surface area (TPSA) is 89.0 Å². The van der Waals surface area contributed by atoms with Crippen LogP contribution in [0.4, 0.5) is 9.59 Å². The number of aliphatic hydroxyl groups excluding tert-OH is 1. The van der Waals surface area contributed by atoms with E-state index in [1.165, 1.54) is 5.56 Å². The molecule has 2 heterocycles. The molecule has 0 spiro atoms. The number of rotatable bonds is 8. The molecule has 176 valence electrons. The van der Waals surface area contributed by atoms with E-state index >= 15 is 0 Å². The summed E-state index contributed by atoms with van der Waals surface area (Å²) in [6.07, 6.45) is 5.65. The fourth-order valence-corrected chi connectivity index (χ4v) is 5.17. The number of carbonyl (C=O) groups excluding carboxylic acids is 2. The van der Waals surface area contributed by atoms with Crippen molar-refractivity contribution in [3.8, 4) is 5.75 Å². The Morgan fingerprint density at radius 3 is 2.55 bits per heavy atom. The molecule has 1 saturated heterocycles. The monoisotopic (exact) mass is 470 g/mol. The van der Waals surface area contributed by atoms with Crippen molar-refractivity contribution in [3.63, 3.8) is 0 Å². The molecule has 1 aromatic heterocycles. The number of carbonyl (C=O) groups is 2. The molecule has 0 bridgehead atoms. The van der Waals surface area contributed by atoms with E-state index in [-0.39, 0.29) is 6.10 Å². The number of nitrogens with zero attached hydrogens (tertiary/aromatic N) is 2. The number of hydrogen-bond donors (Lipinski definition) is 1. The van der Waals surface area contributed by atoms with Gasteiger partial charge in [0.2, 0.25) is 0 Å². The van der Waals surface area contributed by atoms with Gasteiger partial charge in [0, 0.05) is 18.3 Å². The Hall–Kier alpha value is -2.58. The molecule has 2 aliphatic rings. The zero-order valence-corrected chi connectivity index (χ0v) is 19.6. The second-order valence-corrected chi connectivity index (χ2v) is 9.64. The molecule has 1 aromatic carbocycles. The van der Waals surface area contributed by atoms with Gasteiger partial charge in [-0.2, -0.15) is 0 Å². The van der Waals surface area contributed by atoms with E-state index in [0.717, 1.165) is 72.2 Å². The molecule has 2 aromatic rings. The molecule has 0 radical (unpaired) electrons. The van der Waals surface area contributed by atoms with E-state index in [1.54, 1.807) is 0 Å². The van der Waals surface area contributed by atoms with Crippen LogP contribution in [-0.4, -0.2) is 50.5 Å². The van der Waals surface area contributed by atoms with Crippen LogP contribution in [0.15, 0.2) is 42.6 Å². The number of imide groups is 1. The number of amides is 2. The molecule has 2 atom stereocenters. The van der Waals surface area contributed by atoms with Gasteiger partial charge in [0.1, 0.15) is 11.9 Å². The Bertz CT molecular complexity index is 944. The minimum atomic E-state index is -1.20. The zero-order chi connectivity index (χ0) is 23.2. The van der Waals surface area contributed by atoms with Gasteiger partial charge in [0.25, 0.3) is 5.24 Å². The van der Waals surface area contributed by atoms with Crippen molar-refractivity contribution in [2.45, 2.75) is 69.5 Å². The first-order chi connectivity index (χ1) is 16.0. The summed E-state index contributed by atoms with van der Waals surface area (Å²) >= 11 is 0.979. The minimum Gasteiger partial charge on any atom is -0.493 e. The van der Waals surface area contributed by atoms with Crippen LogP contribution in [0.5, 0.6) is 5.75 Å². The van der Waals surface area contributed by atoms with Crippen LogP contribution in [0, 0.1) is 0 Å². The van der Waals surface area contributed by atoms with E-state index < -0.39 is 22.8 Å². The number of aliphatic hydroxyl groups is 1. The molecule has 1 saturated carbocycles. The highest BCUT2D eigenvalue weighted by Gasteiger charge is 2.44. The highest BCUT2D eigenvalue weighted by molar-refractivity contribution is 8.14. The SMILES string of the molecule is CCc1ccc(CCOc2ccc(CC3SC(=O)N(C(=O)OC4CCCC4)C3O)cc2)nc1. The third kappa shape index (κ3) is 6.06. The van der Waals surface area contributed by atoms with Crippen molar-refractivity contribution in [2.24, 2.45) is 0 Å². The molecule has 8 heteroatoms. The number of ether oxygens (including phenoxy) is 2. The smallest absolute Gasteiger partial charge is 0.419 e. The lowest BCUT2D eigenvalue weighted by atomic mass is 10.1. The fraction of sp³-hybridized carbons (Fsp3) is 0.480. The summed E-state index contributed by atoms with van der Waals surface area (Å²) in [6, 6.07) is 11.7. The minimum absolute atomic E-state index is 0.152. The Kier molecular flexibility index (Phi) is 7.88. The zero-order valence-electron chi connectivity index (χ0n) is 18.8. The molecule has 1 N–H and O–H groups in total. The van der Waals surface area contributed by atoms with Crippen molar-refractivity contribution in [2.75, 3.05) is 6.61 Å². The third-order valence-corrected chi connectivity index (χ3v) is 7.20. The lowest BCUT2D eigenvalue weighted by molar-refractivity contribution is 0.0169. The molecular formula is C25H30N2O5S. The standard InChI is InChI=1S/C25H30N2O5S/c1-2-17-7-10-19(26-16-17)13-14-31-20-11-8-18(9-12-20)15-22-23(28)27(25(30)33-22)24(29)32-21-5-3-4-6-21/h7-12,16,21-23,28H,2-6,13-15H2,1H3. The lowest BCUT2D eigenvalue weighted by Gasteiger charge is -2.22. The Labute approximate surface area is 198 Å². The van der Waals surface area contributed by atoms with E-state index in [1.807, 2.05) is 36.5 Å². The van der Waals surface area contributed by atoms with Gasteiger partial charge < -0.3 is 14.6 Å². The molecule has 1 aliphatic heterocycles. The van der Waals surface area contributed by atoms with Gasteiger partial charge >= 0.3 is 6.09 Å². The van der Waals surface area contributed by atoms with Gasteiger partial charge in [-0.1, -0.05) is 36.9 Å². The maximum atomic E-state index is 12.4. The van der Waals surface area contributed by atoms with Crippen LogP contribution in [0.1, 0.15) is 49.4 Å².